The maximum atomic E-state index is 13.1. The number of benzene rings is 2. The zero-order valence-corrected chi connectivity index (χ0v) is 26.1. The number of nitrogens with two attached hydrogens (primary N) is 1. The number of furan rings is 1. The molecule has 0 atom stereocenters. The molecule has 0 aliphatic carbocycles. The molecule has 228 valence electrons. The first-order valence-corrected chi connectivity index (χ1v) is 14.2. The van der Waals surface area contributed by atoms with Gasteiger partial charge in [0.15, 0.2) is 11.3 Å². The third-order valence-corrected chi connectivity index (χ3v) is 7.31. The Morgan fingerprint density at radius 1 is 1.09 bits per heavy atom. The summed E-state index contributed by atoms with van der Waals surface area (Å²) >= 11 is 6.29. The summed E-state index contributed by atoms with van der Waals surface area (Å²) < 4.78 is 17.6. The Morgan fingerprint density at radius 2 is 1.84 bits per heavy atom. The first-order valence-electron chi connectivity index (χ1n) is 13.8. The van der Waals surface area contributed by atoms with E-state index in [1.54, 1.807) is 64.4 Å². The van der Waals surface area contributed by atoms with Gasteiger partial charge in [0.25, 0.3) is 5.91 Å². The fraction of sp³-hybridized carbons (Fsp3) is 0.355. The Hall–Kier alpha value is -4.51. The number of nitrogens with one attached hydrogen (secondary N) is 2. The van der Waals surface area contributed by atoms with Crippen molar-refractivity contribution >= 4 is 51.8 Å². The van der Waals surface area contributed by atoms with Crippen molar-refractivity contribution in [3.8, 4) is 11.5 Å². The molecule has 0 aliphatic rings. The van der Waals surface area contributed by atoms with Gasteiger partial charge >= 0.3 is 0 Å². The minimum absolute atomic E-state index is 0.0259. The lowest BCUT2D eigenvalue weighted by molar-refractivity contribution is -0.118. The quantitative estimate of drug-likeness (QED) is 0.194. The summed E-state index contributed by atoms with van der Waals surface area (Å²) in [6, 6.07) is 8.90. The summed E-state index contributed by atoms with van der Waals surface area (Å²) in [5, 5.41) is 7.42. The van der Waals surface area contributed by atoms with Crippen molar-refractivity contribution in [2.45, 2.75) is 46.7 Å². The molecule has 0 saturated heterocycles. The van der Waals surface area contributed by atoms with Crippen molar-refractivity contribution in [1.82, 2.24) is 14.9 Å². The number of aromatic nitrogens is 2. The number of hydrogen-bond acceptors (Lipinski definition) is 9. The van der Waals surface area contributed by atoms with Gasteiger partial charge in [0.05, 0.1) is 26.3 Å². The highest BCUT2D eigenvalue weighted by molar-refractivity contribution is 6.31. The Labute approximate surface area is 255 Å². The molecule has 11 nitrogen and oxygen atoms in total. The van der Waals surface area contributed by atoms with Crippen LogP contribution >= 0.6 is 11.6 Å². The van der Waals surface area contributed by atoms with Crippen molar-refractivity contribution in [3.63, 3.8) is 0 Å². The van der Waals surface area contributed by atoms with Crippen LogP contribution in [0.25, 0.3) is 11.0 Å². The molecule has 0 bridgehead atoms. The lowest BCUT2D eigenvalue weighted by Crippen LogP contribution is -2.33. The van der Waals surface area contributed by atoms with Crippen LogP contribution < -0.4 is 25.8 Å². The Balaban J connectivity index is 1.72. The standard InChI is InChI=1S/C31H37ClN6O5/c1-16(2)29(39)36-28-19(14-35-31(33)37-28)10-18-11-25(41-6)27(42-7)26-23(18)13-21(43-26)15-34-24-12-20(32)8-9-22(24)30(40)38(5)17(3)4/h8-9,11-14,16-17,34H,10,15H2,1-7H3,(H3,33,35,36,37,39). The highest BCUT2D eigenvalue weighted by atomic mass is 35.5. The minimum Gasteiger partial charge on any atom is -0.493 e. The largest absolute Gasteiger partial charge is 0.493 e. The van der Waals surface area contributed by atoms with Gasteiger partial charge in [-0.3, -0.25) is 9.59 Å². The molecule has 4 rings (SSSR count). The Morgan fingerprint density at radius 3 is 2.49 bits per heavy atom. The zero-order valence-electron chi connectivity index (χ0n) is 25.4. The van der Waals surface area contributed by atoms with E-state index in [1.807, 2.05) is 26.0 Å². The van der Waals surface area contributed by atoms with Crippen molar-refractivity contribution in [2.24, 2.45) is 5.92 Å². The van der Waals surface area contributed by atoms with E-state index < -0.39 is 0 Å². The van der Waals surface area contributed by atoms with Gasteiger partial charge in [-0.05, 0) is 49.7 Å². The third-order valence-electron chi connectivity index (χ3n) is 7.08. The molecule has 0 unspecified atom stereocenters. The SMILES string of the molecule is COc1cc(Cc2cnc(N)nc2NC(=O)C(C)C)c2cc(CNc3cc(Cl)ccc3C(=O)N(C)C(C)C)oc2c1OC. The minimum atomic E-state index is -0.248. The topological polar surface area (TPSA) is 145 Å². The molecule has 43 heavy (non-hydrogen) atoms. The summed E-state index contributed by atoms with van der Waals surface area (Å²) in [7, 11) is 4.85. The first-order chi connectivity index (χ1) is 20.4. The molecule has 12 heteroatoms. The van der Waals surface area contributed by atoms with Crippen molar-refractivity contribution in [1.29, 1.82) is 0 Å². The highest BCUT2D eigenvalue weighted by Gasteiger charge is 2.22. The number of carbonyl (C=O) groups is 2. The summed E-state index contributed by atoms with van der Waals surface area (Å²) in [4.78, 5) is 35.7. The van der Waals surface area contributed by atoms with Crippen LogP contribution in [0.3, 0.4) is 0 Å². The predicted octanol–water partition coefficient (Wildman–Crippen LogP) is 5.75. The number of ether oxygens (including phenoxy) is 2. The van der Waals surface area contributed by atoms with Gasteiger partial charge in [-0.2, -0.15) is 4.98 Å². The number of methoxy groups -OCH3 is 2. The normalized spacial score (nSPS) is 11.2. The smallest absolute Gasteiger partial charge is 0.255 e. The van der Waals surface area contributed by atoms with Gasteiger partial charge in [0.2, 0.25) is 17.6 Å². The van der Waals surface area contributed by atoms with Crippen LogP contribution in [-0.4, -0.2) is 54.0 Å². The van der Waals surface area contributed by atoms with Crippen molar-refractivity contribution in [3.05, 3.63) is 64.0 Å². The number of rotatable bonds is 11. The fourth-order valence-electron chi connectivity index (χ4n) is 4.42. The second-order valence-corrected chi connectivity index (χ2v) is 11.1. The van der Waals surface area contributed by atoms with E-state index in [1.165, 1.54) is 0 Å². The summed E-state index contributed by atoms with van der Waals surface area (Å²) in [5.74, 6) is 1.32. The highest BCUT2D eigenvalue weighted by Crippen LogP contribution is 2.41. The second kappa shape index (κ2) is 13.2. The van der Waals surface area contributed by atoms with Crippen molar-refractivity contribution in [2.75, 3.05) is 37.6 Å². The number of carbonyl (C=O) groups excluding carboxylic acids is 2. The molecule has 0 fully saturated rings. The predicted molar refractivity (Wildman–Crippen MR) is 168 cm³/mol. The lowest BCUT2D eigenvalue weighted by atomic mass is 10.0. The second-order valence-electron chi connectivity index (χ2n) is 10.7. The van der Waals surface area contributed by atoms with Gasteiger partial charge < -0.3 is 35.2 Å². The maximum absolute atomic E-state index is 13.1. The molecule has 4 aromatic rings. The van der Waals surface area contributed by atoms with Crippen LogP contribution in [0.2, 0.25) is 5.02 Å². The van der Waals surface area contributed by atoms with Crippen LogP contribution in [0, 0.1) is 5.92 Å². The van der Waals surface area contributed by atoms with Gasteiger partial charge in [0, 0.05) is 53.3 Å². The van der Waals surface area contributed by atoms with Gasteiger partial charge in [-0.25, -0.2) is 4.98 Å². The maximum Gasteiger partial charge on any atom is 0.255 e. The Bertz CT molecular complexity index is 1650. The number of nitrogens with zero attached hydrogens (tertiary/aromatic N) is 3. The van der Waals surface area contributed by atoms with E-state index in [4.69, 9.17) is 31.2 Å². The summed E-state index contributed by atoms with van der Waals surface area (Å²) in [5.41, 5.74) is 8.89. The average molecular weight is 609 g/mol. The summed E-state index contributed by atoms with van der Waals surface area (Å²) in [6.07, 6.45) is 1.93. The molecule has 4 N–H and O–H groups in total. The first kappa shape index (κ1) is 31.4. The number of nitrogen functional groups attached to an aromatic ring is 1. The van der Waals surface area contributed by atoms with Gasteiger partial charge in [-0.15, -0.1) is 0 Å². The molecular formula is C31H37ClN6O5. The van der Waals surface area contributed by atoms with E-state index >= 15 is 0 Å². The average Bonchev–Trinajstić information content (AvgIpc) is 3.40. The fourth-order valence-corrected chi connectivity index (χ4v) is 4.59. The van der Waals surface area contributed by atoms with Gasteiger partial charge in [-0.1, -0.05) is 25.4 Å². The Kier molecular flexibility index (Phi) is 9.65. The van der Waals surface area contributed by atoms with E-state index in [0.717, 1.165) is 10.9 Å². The van der Waals surface area contributed by atoms with E-state index in [0.29, 0.717) is 56.9 Å². The van der Waals surface area contributed by atoms with Crippen LogP contribution in [-0.2, 0) is 17.8 Å². The number of hydrogen-bond donors (Lipinski definition) is 3. The molecular weight excluding hydrogens is 572 g/mol. The lowest BCUT2D eigenvalue weighted by Gasteiger charge is -2.23. The van der Waals surface area contributed by atoms with Crippen LogP contribution in [0.1, 0.15) is 54.9 Å². The molecule has 0 spiro atoms. The van der Waals surface area contributed by atoms with Crippen LogP contribution in [0.4, 0.5) is 17.5 Å². The number of fused-ring (bicyclic) bond motifs is 1. The van der Waals surface area contributed by atoms with Gasteiger partial charge in [0.1, 0.15) is 11.6 Å². The van der Waals surface area contributed by atoms with E-state index in [2.05, 4.69) is 20.6 Å². The molecule has 2 aromatic heterocycles. The number of halogens is 1. The van der Waals surface area contributed by atoms with E-state index in [-0.39, 0.29) is 36.3 Å². The summed E-state index contributed by atoms with van der Waals surface area (Å²) in [6.45, 7) is 7.75. The third kappa shape index (κ3) is 6.94. The molecule has 0 radical (unpaired) electrons. The number of anilines is 3. The monoisotopic (exact) mass is 608 g/mol. The van der Waals surface area contributed by atoms with Crippen molar-refractivity contribution < 1.29 is 23.5 Å². The molecule has 0 aliphatic heterocycles. The molecule has 2 heterocycles. The molecule has 2 aromatic carbocycles. The zero-order chi connectivity index (χ0) is 31.4. The molecule has 2 amide bonds. The van der Waals surface area contributed by atoms with Crippen LogP contribution in [0.15, 0.2) is 40.9 Å². The molecule has 0 saturated carbocycles. The van der Waals surface area contributed by atoms with Crippen LogP contribution in [0.5, 0.6) is 11.5 Å². The van der Waals surface area contributed by atoms with E-state index in [9.17, 15) is 9.59 Å². The number of amides is 2.